The Morgan fingerprint density at radius 1 is 1.37 bits per heavy atom. The summed E-state index contributed by atoms with van der Waals surface area (Å²) in [6, 6.07) is 6.68. The van der Waals surface area contributed by atoms with Crippen molar-refractivity contribution in [1.29, 1.82) is 0 Å². The zero-order valence-corrected chi connectivity index (χ0v) is 10.9. The molecule has 1 aromatic rings. The molecular formula is C14H18N2O3. The van der Waals surface area contributed by atoms with Gasteiger partial charge >= 0.3 is 6.03 Å². The Hall–Kier alpha value is -1.88. The van der Waals surface area contributed by atoms with Crippen LogP contribution in [0, 0.1) is 0 Å². The van der Waals surface area contributed by atoms with E-state index in [4.69, 9.17) is 4.74 Å². The molecule has 102 valence electrons. The molecule has 0 aliphatic carbocycles. The maximum atomic E-state index is 11.8. The normalized spacial score (nSPS) is 18.7. The van der Waals surface area contributed by atoms with Crippen molar-refractivity contribution in [3.05, 3.63) is 29.8 Å². The molecule has 1 heterocycles. The summed E-state index contributed by atoms with van der Waals surface area (Å²) in [4.78, 5) is 23.1. The van der Waals surface area contributed by atoms with Gasteiger partial charge in [0.05, 0.1) is 12.6 Å². The van der Waals surface area contributed by atoms with Gasteiger partial charge in [-0.2, -0.15) is 0 Å². The zero-order valence-electron chi connectivity index (χ0n) is 10.9. The van der Waals surface area contributed by atoms with Crippen LogP contribution in [0.25, 0.3) is 0 Å². The average Bonchev–Trinajstić information content (AvgIpc) is 2.40. The number of carbonyl (C=O) groups is 2. The molecule has 2 amide bonds. The molecule has 19 heavy (non-hydrogen) atoms. The summed E-state index contributed by atoms with van der Waals surface area (Å²) in [6.07, 6.45) is 1.89. The second-order valence-corrected chi connectivity index (χ2v) is 4.65. The van der Waals surface area contributed by atoms with Crippen LogP contribution in [0.1, 0.15) is 30.1 Å². The molecule has 2 N–H and O–H groups in total. The lowest BCUT2D eigenvalue weighted by Crippen LogP contribution is -2.42. The van der Waals surface area contributed by atoms with E-state index in [1.54, 1.807) is 24.3 Å². The van der Waals surface area contributed by atoms with Gasteiger partial charge < -0.3 is 15.4 Å². The summed E-state index contributed by atoms with van der Waals surface area (Å²) in [7, 11) is 0. The number of Topliss-reactive ketones (excluding diaryl/α,β-unsaturated/α-hetero) is 1. The maximum absolute atomic E-state index is 11.8. The van der Waals surface area contributed by atoms with Gasteiger partial charge in [-0.3, -0.25) is 4.79 Å². The lowest BCUT2D eigenvalue weighted by Gasteiger charge is -2.23. The molecule has 1 fully saturated rings. The van der Waals surface area contributed by atoms with Crippen LogP contribution < -0.4 is 10.6 Å². The first-order valence-corrected chi connectivity index (χ1v) is 6.41. The molecule has 0 radical (unpaired) electrons. The highest BCUT2D eigenvalue weighted by atomic mass is 16.5. The van der Waals surface area contributed by atoms with E-state index in [0.717, 1.165) is 19.4 Å². The Labute approximate surface area is 112 Å². The highest BCUT2D eigenvalue weighted by Gasteiger charge is 2.16. The van der Waals surface area contributed by atoms with Crippen LogP contribution in [0.5, 0.6) is 0 Å². The lowest BCUT2D eigenvalue weighted by molar-refractivity contribution is 0.0739. The van der Waals surface area contributed by atoms with Gasteiger partial charge in [-0.15, -0.1) is 0 Å². The Balaban J connectivity index is 1.90. The van der Waals surface area contributed by atoms with Gasteiger partial charge in [0.15, 0.2) is 5.78 Å². The van der Waals surface area contributed by atoms with Crippen molar-refractivity contribution in [2.45, 2.75) is 25.8 Å². The fourth-order valence-corrected chi connectivity index (χ4v) is 2.02. The molecule has 1 aromatic carbocycles. The SMILES string of the molecule is CC(=O)c1cccc(NC(=O)NC2CCCOC2)c1. The Kier molecular flexibility index (Phi) is 4.52. The number of ketones is 1. The summed E-state index contributed by atoms with van der Waals surface area (Å²) in [5.41, 5.74) is 1.20. The average molecular weight is 262 g/mol. The first kappa shape index (κ1) is 13.5. The molecule has 0 aromatic heterocycles. The molecule has 1 saturated heterocycles. The van der Waals surface area contributed by atoms with Crippen LogP contribution in [-0.2, 0) is 4.74 Å². The number of benzene rings is 1. The number of nitrogens with one attached hydrogen (secondary N) is 2. The van der Waals surface area contributed by atoms with Crippen molar-refractivity contribution in [1.82, 2.24) is 5.32 Å². The predicted molar refractivity (Wildman–Crippen MR) is 72.4 cm³/mol. The molecule has 1 atom stereocenters. The molecular weight excluding hydrogens is 244 g/mol. The standard InChI is InChI=1S/C14H18N2O3/c1-10(17)11-4-2-5-12(8-11)15-14(18)16-13-6-3-7-19-9-13/h2,4-5,8,13H,3,6-7,9H2,1H3,(H2,15,16,18). The second kappa shape index (κ2) is 6.33. The van der Waals surface area contributed by atoms with E-state index in [9.17, 15) is 9.59 Å². The molecule has 2 rings (SSSR count). The van der Waals surface area contributed by atoms with Crippen molar-refractivity contribution in [2.24, 2.45) is 0 Å². The highest BCUT2D eigenvalue weighted by molar-refractivity contribution is 5.96. The fourth-order valence-electron chi connectivity index (χ4n) is 2.02. The Morgan fingerprint density at radius 3 is 2.89 bits per heavy atom. The highest BCUT2D eigenvalue weighted by Crippen LogP contribution is 2.11. The number of rotatable bonds is 3. The first-order valence-electron chi connectivity index (χ1n) is 6.41. The largest absolute Gasteiger partial charge is 0.379 e. The predicted octanol–water partition coefficient (Wildman–Crippen LogP) is 2.19. The van der Waals surface area contributed by atoms with E-state index < -0.39 is 0 Å². The molecule has 0 bridgehead atoms. The summed E-state index contributed by atoms with van der Waals surface area (Å²) < 4.78 is 5.30. The van der Waals surface area contributed by atoms with Crippen molar-refractivity contribution in [2.75, 3.05) is 18.5 Å². The van der Waals surface area contributed by atoms with Crippen LogP contribution in [0.2, 0.25) is 0 Å². The Morgan fingerprint density at radius 2 is 2.21 bits per heavy atom. The van der Waals surface area contributed by atoms with Crippen molar-refractivity contribution in [3.8, 4) is 0 Å². The number of hydrogen-bond acceptors (Lipinski definition) is 3. The van der Waals surface area contributed by atoms with E-state index in [2.05, 4.69) is 10.6 Å². The van der Waals surface area contributed by atoms with Crippen LogP contribution >= 0.6 is 0 Å². The maximum Gasteiger partial charge on any atom is 0.319 e. The fraction of sp³-hybridized carbons (Fsp3) is 0.429. The topological polar surface area (TPSA) is 67.4 Å². The van der Waals surface area contributed by atoms with Gasteiger partial charge in [0, 0.05) is 17.9 Å². The van der Waals surface area contributed by atoms with Crippen LogP contribution in [-0.4, -0.2) is 31.1 Å². The number of carbonyl (C=O) groups excluding carboxylic acids is 2. The quantitative estimate of drug-likeness (QED) is 0.820. The molecule has 0 spiro atoms. The lowest BCUT2D eigenvalue weighted by atomic mass is 10.1. The third-order valence-corrected chi connectivity index (χ3v) is 3.02. The van der Waals surface area contributed by atoms with Gasteiger partial charge in [-0.1, -0.05) is 12.1 Å². The number of amides is 2. The summed E-state index contributed by atoms with van der Waals surface area (Å²) in [5.74, 6) is -0.0234. The van der Waals surface area contributed by atoms with E-state index in [1.165, 1.54) is 6.92 Å². The number of hydrogen-bond donors (Lipinski definition) is 2. The third-order valence-electron chi connectivity index (χ3n) is 3.02. The smallest absolute Gasteiger partial charge is 0.319 e. The molecule has 0 saturated carbocycles. The van der Waals surface area contributed by atoms with Gasteiger partial charge in [-0.05, 0) is 31.9 Å². The summed E-state index contributed by atoms with van der Waals surface area (Å²) >= 11 is 0. The van der Waals surface area contributed by atoms with E-state index >= 15 is 0 Å². The zero-order chi connectivity index (χ0) is 13.7. The van der Waals surface area contributed by atoms with Crippen molar-refractivity contribution in [3.63, 3.8) is 0 Å². The van der Waals surface area contributed by atoms with Crippen LogP contribution in [0.3, 0.4) is 0 Å². The van der Waals surface area contributed by atoms with E-state index in [-0.39, 0.29) is 17.9 Å². The minimum Gasteiger partial charge on any atom is -0.379 e. The molecule has 1 aliphatic rings. The van der Waals surface area contributed by atoms with Gasteiger partial charge in [0.1, 0.15) is 0 Å². The van der Waals surface area contributed by atoms with Crippen molar-refractivity contribution < 1.29 is 14.3 Å². The summed E-state index contributed by atoms with van der Waals surface area (Å²) in [6.45, 7) is 2.82. The van der Waals surface area contributed by atoms with Gasteiger partial charge in [0.2, 0.25) is 0 Å². The van der Waals surface area contributed by atoms with E-state index in [0.29, 0.717) is 17.9 Å². The molecule has 1 aliphatic heterocycles. The van der Waals surface area contributed by atoms with Crippen LogP contribution in [0.4, 0.5) is 10.5 Å². The van der Waals surface area contributed by atoms with E-state index in [1.807, 2.05) is 0 Å². The summed E-state index contributed by atoms with van der Waals surface area (Å²) in [5, 5.41) is 5.58. The molecule has 1 unspecified atom stereocenters. The monoisotopic (exact) mass is 262 g/mol. The number of anilines is 1. The van der Waals surface area contributed by atoms with Gasteiger partial charge in [0.25, 0.3) is 0 Å². The minimum absolute atomic E-state index is 0.0234. The minimum atomic E-state index is -0.267. The first-order chi connectivity index (χ1) is 9.15. The Bertz CT molecular complexity index is 468. The third kappa shape index (κ3) is 4.06. The second-order valence-electron chi connectivity index (χ2n) is 4.65. The molecule has 5 nitrogen and oxygen atoms in total. The molecule has 5 heteroatoms. The van der Waals surface area contributed by atoms with Crippen molar-refractivity contribution >= 4 is 17.5 Å². The number of urea groups is 1. The number of ether oxygens (including phenoxy) is 1. The van der Waals surface area contributed by atoms with Gasteiger partial charge in [-0.25, -0.2) is 4.79 Å². The van der Waals surface area contributed by atoms with Crippen LogP contribution in [0.15, 0.2) is 24.3 Å².